The van der Waals surface area contributed by atoms with E-state index in [1.165, 1.54) is 0 Å². The van der Waals surface area contributed by atoms with E-state index in [2.05, 4.69) is 5.32 Å². The Hall–Kier alpha value is -0.770. The average molecular weight is 184 g/mol. The van der Waals surface area contributed by atoms with Gasteiger partial charge < -0.3 is 15.0 Å². The topological polar surface area (TPSA) is 41.6 Å². The monoisotopic (exact) mass is 184 g/mol. The SMILES string of the molecule is COCC1(N2CCCNC2=O)CC1. The molecule has 0 radical (unpaired) electrons. The zero-order chi connectivity index (χ0) is 9.31. The quantitative estimate of drug-likeness (QED) is 0.697. The van der Waals surface area contributed by atoms with Gasteiger partial charge in [-0.2, -0.15) is 0 Å². The Morgan fingerprint density at radius 1 is 1.62 bits per heavy atom. The Morgan fingerprint density at radius 3 is 2.92 bits per heavy atom. The van der Waals surface area contributed by atoms with Gasteiger partial charge in [-0.05, 0) is 19.3 Å². The van der Waals surface area contributed by atoms with Gasteiger partial charge in [0.05, 0.1) is 12.1 Å². The molecule has 0 aromatic carbocycles. The van der Waals surface area contributed by atoms with Gasteiger partial charge in [0.15, 0.2) is 0 Å². The third kappa shape index (κ3) is 1.50. The number of carbonyl (C=O) groups is 1. The normalized spacial score (nSPS) is 25.6. The molecule has 0 spiro atoms. The standard InChI is InChI=1S/C9H16N2O2/c1-13-7-9(3-4-9)11-6-2-5-10-8(11)12/h2-7H2,1H3,(H,10,12). The summed E-state index contributed by atoms with van der Waals surface area (Å²) < 4.78 is 5.15. The number of nitrogens with one attached hydrogen (secondary N) is 1. The van der Waals surface area contributed by atoms with Crippen molar-refractivity contribution in [1.29, 1.82) is 0 Å². The Balaban J connectivity index is 2.01. The molecular formula is C9H16N2O2. The summed E-state index contributed by atoms with van der Waals surface area (Å²) in [6.45, 7) is 2.38. The average Bonchev–Trinajstić information content (AvgIpc) is 2.87. The molecule has 74 valence electrons. The second-order valence-corrected chi connectivity index (χ2v) is 3.89. The number of urea groups is 1. The second kappa shape index (κ2) is 3.18. The van der Waals surface area contributed by atoms with Crippen LogP contribution in [0.2, 0.25) is 0 Å². The van der Waals surface area contributed by atoms with Crippen LogP contribution in [-0.4, -0.2) is 43.3 Å². The van der Waals surface area contributed by atoms with Gasteiger partial charge >= 0.3 is 6.03 Å². The fourth-order valence-corrected chi connectivity index (χ4v) is 1.99. The summed E-state index contributed by atoms with van der Waals surface area (Å²) in [5, 5.41) is 2.87. The van der Waals surface area contributed by atoms with E-state index in [1.54, 1.807) is 7.11 Å². The van der Waals surface area contributed by atoms with E-state index in [-0.39, 0.29) is 11.6 Å². The molecule has 1 N–H and O–H groups in total. The fourth-order valence-electron chi connectivity index (χ4n) is 1.99. The zero-order valence-corrected chi connectivity index (χ0v) is 8.01. The van der Waals surface area contributed by atoms with Gasteiger partial charge in [0.25, 0.3) is 0 Å². The summed E-state index contributed by atoms with van der Waals surface area (Å²) in [5.41, 5.74) is 0.0409. The molecule has 0 aromatic rings. The molecule has 1 heterocycles. The van der Waals surface area contributed by atoms with Crippen LogP contribution in [0.3, 0.4) is 0 Å². The van der Waals surface area contributed by atoms with Crippen molar-refractivity contribution in [1.82, 2.24) is 10.2 Å². The first kappa shape index (κ1) is 8.81. The molecule has 0 aromatic heterocycles. The number of amides is 2. The molecule has 4 heteroatoms. The van der Waals surface area contributed by atoms with Crippen LogP contribution in [-0.2, 0) is 4.74 Å². The predicted octanol–water partition coefficient (Wildman–Crippen LogP) is 0.581. The van der Waals surface area contributed by atoms with Crippen LogP contribution < -0.4 is 5.32 Å². The van der Waals surface area contributed by atoms with Crippen molar-refractivity contribution < 1.29 is 9.53 Å². The van der Waals surface area contributed by atoms with Crippen molar-refractivity contribution in [3.05, 3.63) is 0 Å². The lowest BCUT2D eigenvalue weighted by atomic mass is 10.2. The number of nitrogens with zero attached hydrogens (tertiary/aromatic N) is 1. The molecule has 1 saturated carbocycles. The van der Waals surface area contributed by atoms with Gasteiger partial charge in [-0.1, -0.05) is 0 Å². The number of methoxy groups -OCH3 is 1. The molecule has 0 bridgehead atoms. The smallest absolute Gasteiger partial charge is 0.317 e. The Kier molecular flexibility index (Phi) is 2.15. The first-order valence-electron chi connectivity index (χ1n) is 4.83. The van der Waals surface area contributed by atoms with E-state index in [4.69, 9.17) is 4.74 Å². The van der Waals surface area contributed by atoms with E-state index in [1.807, 2.05) is 4.90 Å². The first-order chi connectivity index (χ1) is 6.28. The molecule has 0 atom stereocenters. The van der Waals surface area contributed by atoms with Crippen LogP contribution in [0.4, 0.5) is 4.79 Å². The van der Waals surface area contributed by atoms with Crippen LogP contribution in [0.1, 0.15) is 19.3 Å². The number of carbonyl (C=O) groups excluding carboxylic acids is 1. The summed E-state index contributed by atoms with van der Waals surface area (Å²) in [5.74, 6) is 0. The Labute approximate surface area is 78.2 Å². The van der Waals surface area contributed by atoms with Gasteiger partial charge in [-0.25, -0.2) is 4.79 Å². The van der Waals surface area contributed by atoms with Crippen molar-refractivity contribution in [2.45, 2.75) is 24.8 Å². The maximum absolute atomic E-state index is 11.5. The Morgan fingerprint density at radius 2 is 2.38 bits per heavy atom. The fraction of sp³-hybridized carbons (Fsp3) is 0.889. The third-order valence-electron chi connectivity index (χ3n) is 2.89. The van der Waals surface area contributed by atoms with E-state index in [0.717, 1.165) is 32.4 Å². The van der Waals surface area contributed by atoms with Crippen molar-refractivity contribution >= 4 is 6.03 Å². The molecule has 2 fully saturated rings. The molecular weight excluding hydrogens is 168 g/mol. The number of hydrogen-bond acceptors (Lipinski definition) is 2. The molecule has 1 aliphatic heterocycles. The van der Waals surface area contributed by atoms with Crippen molar-refractivity contribution in [3.8, 4) is 0 Å². The molecule has 2 amide bonds. The minimum Gasteiger partial charge on any atom is -0.382 e. The van der Waals surface area contributed by atoms with Crippen LogP contribution in [0.5, 0.6) is 0 Å². The maximum Gasteiger partial charge on any atom is 0.317 e. The highest BCUT2D eigenvalue weighted by molar-refractivity contribution is 5.76. The van der Waals surface area contributed by atoms with Crippen molar-refractivity contribution in [2.24, 2.45) is 0 Å². The summed E-state index contributed by atoms with van der Waals surface area (Å²) >= 11 is 0. The first-order valence-corrected chi connectivity index (χ1v) is 4.83. The highest BCUT2D eigenvalue weighted by Crippen LogP contribution is 2.42. The summed E-state index contributed by atoms with van der Waals surface area (Å²) in [4.78, 5) is 13.5. The predicted molar refractivity (Wildman–Crippen MR) is 48.6 cm³/mol. The summed E-state index contributed by atoms with van der Waals surface area (Å²) in [6, 6.07) is 0.0841. The minimum atomic E-state index is 0.0409. The largest absolute Gasteiger partial charge is 0.382 e. The molecule has 2 rings (SSSR count). The van der Waals surface area contributed by atoms with E-state index in [0.29, 0.717) is 6.61 Å². The lowest BCUT2D eigenvalue weighted by molar-refractivity contribution is 0.0837. The molecule has 4 nitrogen and oxygen atoms in total. The van der Waals surface area contributed by atoms with Crippen LogP contribution in [0, 0.1) is 0 Å². The van der Waals surface area contributed by atoms with E-state index >= 15 is 0 Å². The summed E-state index contributed by atoms with van der Waals surface area (Å²) in [7, 11) is 1.70. The lowest BCUT2D eigenvalue weighted by Crippen LogP contribution is -2.54. The zero-order valence-electron chi connectivity index (χ0n) is 8.01. The maximum atomic E-state index is 11.5. The van der Waals surface area contributed by atoms with Crippen LogP contribution >= 0.6 is 0 Å². The molecule has 1 saturated heterocycles. The number of hydrogen-bond donors (Lipinski definition) is 1. The summed E-state index contributed by atoms with van der Waals surface area (Å²) in [6.07, 6.45) is 3.24. The third-order valence-corrected chi connectivity index (χ3v) is 2.89. The van der Waals surface area contributed by atoms with Gasteiger partial charge in [-0.15, -0.1) is 0 Å². The molecule has 0 unspecified atom stereocenters. The number of rotatable bonds is 3. The molecule has 13 heavy (non-hydrogen) atoms. The lowest BCUT2D eigenvalue weighted by Gasteiger charge is -2.34. The Bertz CT molecular complexity index is 214. The van der Waals surface area contributed by atoms with Gasteiger partial charge in [-0.3, -0.25) is 0 Å². The van der Waals surface area contributed by atoms with Gasteiger partial charge in [0.1, 0.15) is 0 Å². The van der Waals surface area contributed by atoms with Gasteiger partial charge in [0, 0.05) is 20.2 Å². The second-order valence-electron chi connectivity index (χ2n) is 3.89. The minimum absolute atomic E-state index is 0.0409. The highest BCUT2D eigenvalue weighted by atomic mass is 16.5. The number of ether oxygens (including phenoxy) is 1. The van der Waals surface area contributed by atoms with Crippen LogP contribution in [0.15, 0.2) is 0 Å². The molecule has 2 aliphatic rings. The van der Waals surface area contributed by atoms with E-state index in [9.17, 15) is 4.79 Å². The highest BCUT2D eigenvalue weighted by Gasteiger charge is 2.50. The molecule has 1 aliphatic carbocycles. The van der Waals surface area contributed by atoms with E-state index < -0.39 is 0 Å². The van der Waals surface area contributed by atoms with Gasteiger partial charge in [0.2, 0.25) is 0 Å². The van der Waals surface area contributed by atoms with Crippen molar-refractivity contribution in [2.75, 3.05) is 26.8 Å². The van der Waals surface area contributed by atoms with Crippen LogP contribution in [0.25, 0.3) is 0 Å². The van der Waals surface area contributed by atoms with Crippen molar-refractivity contribution in [3.63, 3.8) is 0 Å².